The molecule has 8 nitrogen and oxygen atoms in total. The molecule has 162 valence electrons. The van der Waals surface area contributed by atoms with Crippen LogP contribution in [0.3, 0.4) is 0 Å². The zero-order chi connectivity index (χ0) is 21.5. The molecule has 8 heteroatoms. The molecule has 0 fully saturated rings. The molecule has 0 saturated heterocycles. The zero-order valence-electron chi connectivity index (χ0n) is 17.2. The number of carbonyl (C=O) groups is 3. The molecule has 0 aliphatic carbocycles. The molecule has 30 heavy (non-hydrogen) atoms. The van der Waals surface area contributed by atoms with Gasteiger partial charge in [-0.3, -0.25) is 14.4 Å². The molecule has 2 atom stereocenters. The van der Waals surface area contributed by atoms with E-state index >= 15 is 0 Å². The van der Waals surface area contributed by atoms with Crippen LogP contribution in [-0.4, -0.2) is 53.3 Å². The molecule has 0 spiro atoms. The quantitative estimate of drug-likeness (QED) is 0.665. The lowest BCUT2D eigenvalue weighted by molar-refractivity contribution is -0.141. The number of ether oxygens (including phenoxy) is 1. The number of amides is 2. The van der Waals surface area contributed by atoms with Gasteiger partial charge in [-0.05, 0) is 18.1 Å². The highest BCUT2D eigenvalue weighted by molar-refractivity contribution is 5.91. The maximum atomic E-state index is 12.8. The van der Waals surface area contributed by atoms with Crippen molar-refractivity contribution in [3.63, 3.8) is 0 Å². The molecule has 1 aromatic heterocycles. The van der Waals surface area contributed by atoms with Gasteiger partial charge in [0.05, 0.1) is 19.6 Å². The molecule has 2 unspecified atom stereocenters. The molecule has 0 saturated carbocycles. The van der Waals surface area contributed by atoms with E-state index in [9.17, 15) is 14.4 Å². The Morgan fingerprint density at radius 2 is 2.13 bits per heavy atom. The van der Waals surface area contributed by atoms with Crippen molar-refractivity contribution in [3.8, 4) is 0 Å². The van der Waals surface area contributed by atoms with Gasteiger partial charge in [-0.2, -0.15) is 0 Å². The molecular formula is C22H29N3O5. The highest BCUT2D eigenvalue weighted by Gasteiger charge is 2.28. The summed E-state index contributed by atoms with van der Waals surface area (Å²) in [7, 11) is 0. The Hall–Kier alpha value is -2.87. The van der Waals surface area contributed by atoms with E-state index in [1.165, 1.54) is 0 Å². The molecule has 2 aromatic rings. The van der Waals surface area contributed by atoms with E-state index in [-0.39, 0.29) is 12.3 Å². The molecule has 1 aliphatic heterocycles. The lowest BCUT2D eigenvalue weighted by Gasteiger charge is -2.22. The number of carboxylic acids is 1. The number of fused-ring (bicyclic) bond motifs is 5. The third-order valence-corrected chi connectivity index (χ3v) is 5.38. The Morgan fingerprint density at radius 3 is 2.90 bits per heavy atom. The number of benzene rings is 1. The van der Waals surface area contributed by atoms with Gasteiger partial charge in [0.15, 0.2) is 0 Å². The number of rotatable bonds is 6. The van der Waals surface area contributed by atoms with Gasteiger partial charge in [-0.1, -0.05) is 31.5 Å². The maximum absolute atomic E-state index is 12.8. The first-order chi connectivity index (χ1) is 14.5. The summed E-state index contributed by atoms with van der Waals surface area (Å²) in [4.78, 5) is 36.8. The number of carboxylic acid groups (broad SMARTS) is 1. The van der Waals surface area contributed by atoms with Crippen molar-refractivity contribution in [2.75, 3.05) is 19.8 Å². The van der Waals surface area contributed by atoms with E-state index in [1.807, 2.05) is 37.4 Å². The Bertz CT molecular complexity index is 907. The minimum Gasteiger partial charge on any atom is -0.481 e. The zero-order valence-corrected chi connectivity index (χ0v) is 17.2. The number of nitrogens with one attached hydrogen (secondary N) is 2. The SMILES string of the molecule is CCCC(CC(=O)O)C(=O)NC1Cc2cn(c3ccccc23)CCOCCNC1=O. The van der Waals surface area contributed by atoms with Crippen LogP contribution in [0.15, 0.2) is 30.5 Å². The van der Waals surface area contributed by atoms with E-state index in [0.29, 0.717) is 45.6 Å². The predicted octanol–water partition coefficient (Wildman–Crippen LogP) is 1.71. The molecule has 0 radical (unpaired) electrons. The van der Waals surface area contributed by atoms with Gasteiger partial charge in [-0.15, -0.1) is 0 Å². The summed E-state index contributed by atoms with van der Waals surface area (Å²) in [5.74, 6) is -2.38. The third kappa shape index (κ3) is 5.38. The van der Waals surface area contributed by atoms with E-state index in [2.05, 4.69) is 15.2 Å². The Morgan fingerprint density at radius 1 is 1.33 bits per heavy atom. The monoisotopic (exact) mass is 415 g/mol. The highest BCUT2D eigenvalue weighted by atomic mass is 16.5. The first-order valence-electron chi connectivity index (χ1n) is 10.4. The fourth-order valence-corrected chi connectivity index (χ4v) is 3.91. The highest BCUT2D eigenvalue weighted by Crippen LogP contribution is 2.23. The van der Waals surface area contributed by atoms with Crippen LogP contribution in [0, 0.1) is 5.92 Å². The van der Waals surface area contributed by atoms with Crippen LogP contribution >= 0.6 is 0 Å². The normalized spacial score (nSPS) is 18.7. The molecule has 2 bridgehead atoms. The van der Waals surface area contributed by atoms with Gasteiger partial charge in [0.1, 0.15) is 6.04 Å². The fourth-order valence-electron chi connectivity index (χ4n) is 3.91. The van der Waals surface area contributed by atoms with E-state index in [0.717, 1.165) is 16.5 Å². The summed E-state index contributed by atoms with van der Waals surface area (Å²) in [5, 5.41) is 15.8. The summed E-state index contributed by atoms with van der Waals surface area (Å²) in [6, 6.07) is 7.15. The van der Waals surface area contributed by atoms with Crippen LogP contribution < -0.4 is 10.6 Å². The van der Waals surface area contributed by atoms with Crippen molar-refractivity contribution in [1.82, 2.24) is 15.2 Å². The number of carbonyl (C=O) groups excluding carboxylic acids is 2. The molecule has 2 heterocycles. The van der Waals surface area contributed by atoms with Crippen LogP contribution in [0.2, 0.25) is 0 Å². The van der Waals surface area contributed by atoms with Gasteiger partial charge < -0.3 is 25.0 Å². The summed E-state index contributed by atoms with van der Waals surface area (Å²) < 4.78 is 7.72. The topological polar surface area (TPSA) is 110 Å². The van der Waals surface area contributed by atoms with Crippen LogP contribution in [-0.2, 0) is 32.1 Å². The van der Waals surface area contributed by atoms with Gasteiger partial charge >= 0.3 is 5.97 Å². The second-order valence-electron chi connectivity index (χ2n) is 7.62. The van der Waals surface area contributed by atoms with Crippen molar-refractivity contribution in [1.29, 1.82) is 0 Å². The van der Waals surface area contributed by atoms with Crippen molar-refractivity contribution < 1.29 is 24.2 Å². The number of aromatic nitrogens is 1. The lowest BCUT2D eigenvalue weighted by atomic mass is 9.97. The Balaban J connectivity index is 1.88. The fraction of sp³-hybridized carbons (Fsp3) is 0.500. The minimum atomic E-state index is -1.02. The Labute approximate surface area is 175 Å². The van der Waals surface area contributed by atoms with Gasteiger partial charge in [-0.25, -0.2) is 0 Å². The maximum Gasteiger partial charge on any atom is 0.304 e. The number of hydrogen-bond donors (Lipinski definition) is 3. The number of hydrogen-bond acceptors (Lipinski definition) is 4. The van der Waals surface area contributed by atoms with E-state index in [1.54, 1.807) is 0 Å². The lowest BCUT2D eigenvalue weighted by Crippen LogP contribution is -2.50. The smallest absolute Gasteiger partial charge is 0.304 e. The van der Waals surface area contributed by atoms with Gasteiger partial charge in [0.25, 0.3) is 0 Å². The molecule has 1 aromatic carbocycles. The molecular weight excluding hydrogens is 386 g/mol. The standard InChI is InChI=1S/C22H29N3O5/c1-2-5-15(13-20(26)27)21(28)24-18-12-16-14-25(19-7-4-3-6-17(16)19)9-11-30-10-8-23-22(18)29/h3-4,6-7,14-15,18H,2,5,8-13H2,1H3,(H,23,29)(H,24,28)(H,26,27). The van der Waals surface area contributed by atoms with Crippen molar-refractivity contribution in [3.05, 3.63) is 36.0 Å². The summed E-state index contributed by atoms with van der Waals surface area (Å²) in [5.41, 5.74) is 2.01. The molecule has 3 rings (SSSR count). The average molecular weight is 415 g/mol. The second kappa shape index (κ2) is 10.2. The minimum absolute atomic E-state index is 0.249. The van der Waals surface area contributed by atoms with E-state index < -0.39 is 23.8 Å². The van der Waals surface area contributed by atoms with Crippen molar-refractivity contribution in [2.45, 2.75) is 45.2 Å². The average Bonchev–Trinajstić information content (AvgIpc) is 3.06. The predicted molar refractivity (Wildman–Crippen MR) is 112 cm³/mol. The van der Waals surface area contributed by atoms with E-state index in [4.69, 9.17) is 9.84 Å². The number of nitrogens with zero attached hydrogens (tertiary/aromatic N) is 1. The molecule has 2 amide bonds. The van der Waals surface area contributed by atoms with Crippen LogP contribution in [0.25, 0.3) is 10.9 Å². The molecule has 1 aliphatic rings. The van der Waals surface area contributed by atoms with Gasteiger partial charge in [0.2, 0.25) is 11.8 Å². The van der Waals surface area contributed by atoms with Crippen LogP contribution in [0.1, 0.15) is 31.7 Å². The third-order valence-electron chi connectivity index (χ3n) is 5.38. The van der Waals surface area contributed by atoms with Crippen molar-refractivity contribution >= 4 is 28.7 Å². The first-order valence-corrected chi connectivity index (χ1v) is 10.4. The van der Waals surface area contributed by atoms with Gasteiger partial charge in [0, 0.05) is 42.5 Å². The first kappa shape index (κ1) is 21.8. The summed E-state index contributed by atoms with van der Waals surface area (Å²) in [6.07, 6.45) is 3.23. The van der Waals surface area contributed by atoms with Crippen molar-refractivity contribution in [2.24, 2.45) is 5.92 Å². The van der Waals surface area contributed by atoms with Crippen LogP contribution in [0.5, 0.6) is 0 Å². The summed E-state index contributed by atoms with van der Waals surface area (Å²) >= 11 is 0. The Kier molecular flexibility index (Phi) is 7.46. The second-order valence-corrected chi connectivity index (χ2v) is 7.62. The molecule has 3 N–H and O–H groups in total. The summed E-state index contributed by atoms with van der Waals surface area (Å²) in [6.45, 7) is 3.88. The largest absolute Gasteiger partial charge is 0.481 e. The number of para-hydroxylation sites is 1. The van der Waals surface area contributed by atoms with Crippen LogP contribution in [0.4, 0.5) is 0 Å². The number of aliphatic carboxylic acids is 1.